The normalized spacial score (nSPS) is 15.4. The number of hydrogen-bond donors (Lipinski definition) is 2. The predicted molar refractivity (Wildman–Crippen MR) is 141 cm³/mol. The van der Waals surface area contributed by atoms with E-state index >= 15 is 0 Å². The summed E-state index contributed by atoms with van der Waals surface area (Å²) in [7, 11) is -1.15. The predicted octanol–water partition coefficient (Wildman–Crippen LogP) is 5.38. The summed E-state index contributed by atoms with van der Waals surface area (Å²) in [5.41, 5.74) is 5.35. The number of anilines is 3. The Morgan fingerprint density at radius 2 is 1.67 bits per heavy atom. The zero-order valence-electron chi connectivity index (χ0n) is 19.5. The lowest BCUT2D eigenvalue weighted by molar-refractivity contribution is -0.274. The van der Waals surface area contributed by atoms with E-state index in [4.69, 9.17) is 0 Å². The minimum absolute atomic E-state index is 0.157. The van der Waals surface area contributed by atoms with Crippen LogP contribution in [0.25, 0.3) is 11.1 Å². The van der Waals surface area contributed by atoms with Gasteiger partial charge in [-0.3, -0.25) is 0 Å². The molecule has 3 aromatic carbocycles. The van der Waals surface area contributed by atoms with Crippen LogP contribution in [0.1, 0.15) is 5.56 Å². The zero-order chi connectivity index (χ0) is 25.9. The first kappa shape index (κ1) is 26.0. The van der Waals surface area contributed by atoms with Crippen LogP contribution in [0.15, 0.2) is 66.7 Å². The summed E-state index contributed by atoms with van der Waals surface area (Å²) in [6, 6.07) is 19.6. The molecule has 11 heteroatoms. The highest BCUT2D eigenvalue weighted by Crippen LogP contribution is 2.34. The molecule has 1 N–H and O–H groups in total. The minimum Gasteiger partial charge on any atom is -0.406 e. The Kier molecular flexibility index (Phi) is 7.60. The van der Waals surface area contributed by atoms with Gasteiger partial charge in [-0.2, -0.15) is 0 Å². The van der Waals surface area contributed by atoms with Crippen molar-refractivity contribution in [3.63, 3.8) is 0 Å². The Hall–Kier alpha value is -3.05. The van der Waals surface area contributed by atoms with Gasteiger partial charge in [-0.15, -0.1) is 13.2 Å². The fourth-order valence-corrected chi connectivity index (χ4v) is 5.35. The number of ether oxygens (including phenoxy) is 1. The van der Waals surface area contributed by atoms with Crippen LogP contribution in [0.5, 0.6) is 5.75 Å². The second-order valence-electron chi connectivity index (χ2n) is 8.49. The molecule has 3 aromatic rings. The van der Waals surface area contributed by atoms with Gasteiger partial charge in [0.25, 0.3) is 0 Å². The Labute approximate surface area is 214 Å². The minimum atomic E-state index is -4.72. The maximum atomic E-state index is 12.4. The first-order valence-corrected chi connectivity index (χ1v) is 13.4. The van der Waals surface area contributed by atoms with Crippen LogP contribution < -0.4 is 19.3 Å². The monoisotopic (exact) mass is 537 g/mol. The molecule has 1 aliphatic rings. The molecule has 1 fully saturated rings. The van der Waals surface area contributed by atoms with E-state index in [-0.39, 0.29) is 17.3 Å². The summed E-state index contributed by atoms with van der Waals surface area (Å²) < 4.78 is 66.2. The number of sulfone groups is 1. The summed E-state index contributed by atoms with van der Waals surface area (Å²) >= 11 is 4.47. The summed E-state index contributed by atoms with van der Waals surface area (Å²) in [6.07, 6.45) is -4.72. The third-order valence-electron chi connectivity index (χ3n) is 5.88. The van der Waals surface area contributed by atoms with Crippen LogP contribution in [0.4, 0.5) is 30.2 Å². The van der Waals surface area contributed by atoms with Gasteiger partial charge in [-0.25, -0.2) is 8.42 Å². The van der Waals surface area contributed by atoms with Crippen LogP contribution in [-0.4, -0.2) is 46.4 Å². The van der Waals surface area contributed by atoms with Crippen LogP contribution in [-0.2, 0) is 16.4 Å². The number of hydrogen-bond acceptors (Lipinski definition) is 7. The van der Waals surface area contributed by atoms with E-state index in [2.05, 4.69) is 27.8 Å². The van der Waals surface area contributed by atoms with Gasteiger partial charge in [0.2, 0.25) is 0 Å². The van der Waals surface area contributed by atoms with Gasteiger partial charge >= 0.3 is 6.36 Å². The number of halogens is 3. The van der Waals surface area contributed by atoms with Crippen LogP contribution in [0, 0.1) is 0 Å². The smallest absolute Gasteiger partial charge is 0.406 e. The van der Waals surface area contributed by atoms with Crippen molar-refractivity contribution in [3.8, 4) is 16.9 Å². The molecule has 0 aromatic heterocycles. The fraction of sp³-hybridized carbons (Fsp3) is 0.280. The average molecular weight is 538 g/mol. The Bertz CT molecular complexity index is 1300. The van der Waals surface area contributed by atoms with E-state index in [1.54, 1.807) is 23.5 Å². The molecule has 0 atom stereocenters. The first-order valence-electron chi connectivity index (χ1n) is 11.2. The number of nitrogens with zero attached hydrogens (tertiary/aromatic N) is 2. The van der Waals surface area contributed by atoms with E-state index in [1.165, 1.54) is 12.1 Å². The van der Waals surface area contributed by atoms with Crippen molar-refractivity contribution in [3.05, 3.63) is 72.3 Å². The maximum absolute atomic E-state index is 12.4. The second kappa shape index (κ2) is 10.5. The van der Waals surface area contributed by atoms with Gasteiger partial charge in [-0.1, -0.05) is 43.1 Å². The molecule has 1 saturated heterocycles. The van der Waals surface area contributed by atoms with Gasteiger partial charge in [-0.05, 0) is 53.1 Å². The largest absolute Gasteiger partial charge is 0.573 e. The van der Waals surface area contributed by atoms with Gasteiger partial charge in [0.15, 0.2) is 9.84 Å². The number of alkyl halides is 3. The standard InChI is InChI=1S/C25H26F3N3O3S2/c1-30(35)24-16-20(19-3-2-4-21(15-19)31-11-13-36(32,33)14-12-31)7-10-23(24)29-17-18-5-8-22(9-6-18)34-25(26,27)28/h2-10,15-16,29,35H,11-14,17H2,1H3. The third kappa shape index (κ3) is 6.79. The van der Waals surface area contributed by atoms with Crippen molar-refractivity contribution in [1.82, 2.24) is 0 Å². The first-order chi connectivity index (χ1) is 17.0. The molecule has 36 heavy (non-hydrogen) atoms. The van der Waals surface area contributed by atoms with E-state index in [0.29, 0.717) is 19.6 Å². The molecule has 0 aliphatic carbocycles. The number of nitrogens with one attached hydrogen (secondary N) is 1. The third-order valence-corrected chi connectivity index (χ3v) is 7.70. The lowest BCUT2D eigenvalue weighted by atomic mass is 10.0. The van der Waals surface area contributed by atoms with E-state index < -0.39 is 16.2 Å². The molecule has 0 bridgehead atoms. The molecular weight excluding hydrogens is 511 g/mol. The van der Waals surface area contributed by atoms with E-state index in [1.807, 2.05) is 42.5 Å². The molecule has 192 valence electrons. The Morgan fingerprint density at radius 3 is 2.31 bits per heavy atom. The molecule has 0 amide bonds. The van der Waals surface area contributed by atoms with Crippen molar-refractivity contribution in [2.75, 3.05) is 46.2 Å². The van der Waals surface area contributed by atoms with Crippen molar-refractivity contribution >= 4 is 39.7 Å². The van der Waals surface area contributed by atoms with Crippen LogP contribution in [0.3, 0.4) is 0 Å². The molecule has 6 nitrogen and oxygen atoms in total. The SMILES string of the molecule is CN(S)c1cc(-c2cccc(N3CCS(=O)(=O)CC3)c2)ccc1NCc1ccc(OC(F)(F)F)cc1. The number of rotatable bonds is 7. The molecule has 1 aliphatic heterocycles. The summed E-state index contributed by atoms with van der Waals surface area (Å²) in [6.45, 7) is 1.35. The van der Waals surface area contributed by atoms with Crippen molar-refractivity contribution in [2.45, 2.75) is 12.9 Å². The number of thiol groups is 1. The van der Waals surface area contributed by atoms with E-state index in [0.717, 1.165) is 33.8 Å². The highest BCUT2D eigenvalue weighted by atomic mass is 32.2. The van der Waals surface area contributed by atoms with Crippen molar-refractivity contribution < 1.29 is 26.3 Å². The maximum Gasteiger partial charge on any atom is 0.573 e. The van der Waals surface area contributed by atoms with Gasteiger partial charge in [0, 0.05) is 32.4 Å². The molecule has 4 rings (SSSR count). The summed E-state index contributed by atoms with van der Waals surface area (Å²) in [5, 5.41) is 3.31. The van der Waals surface area contributed by atoms with Crippen LogP contribution >= 0.6 is 12.8 Å². The Morgan fingerprint density at radius 1 is 1.00 bits per heavy atom. The highest BCUT2D eigenvalue weighted by Gasteiger charge is 2.31. The zero-order valence-corrected chi connectivity index (χ0v) is 21.2. The van der Waals surface area contributed by atoms with Crippen LogP contribution in [0.2, 0.25) is 0 Å². The molecule has 0 radical (unpaired) electrons. The topological polar surface area (TPSA) is 61.9 Å². The second-order valence-corrected chi connectivity index (χ2v) is 11.4. The molecule has 1 heterocycles. The summed E-state index contributed by atoms with van der Waals surface area (Å²) in [5.74, 6) is 0.0499. The molecular formula is C25H26F3N3O3S2. The quantitative estimate of drug-likeness (QED) is 0.395. The Balaban J connectivity index is 1.49. The van der Waals surface area contributed by atoms with Crippen molar-refractivity contribution in [1.29, 1.82) is 0 Å². The van der Waals surface area contributed by atoms with Gasteiger partial charge in [0.05, 0.1) is 22.9 Å². The lowest BCUT2D eigenvalue weighted by Crippen LogP contribution is -2.40. The van der Waals surface area contributed by atoms with E-state index in [9.17, 15) is 21.6 Å². The van der Waals surface area contributed by atoms with Gasteiger partial charge < -0.3 is 19.3 Å². The fourth-order valence-electron chi connectivity index (χ4n) is 3.99. The number of benzene rings is 3. The highest BCUT2D eigenvalue weighted by molar-refractivity contribution is 7.91. The molecule has 0 unspecified atom stereocenters. The lowest BCUT2D eigenvalue weighted by Gasteiger charge is -2.29. The van der Waals surface area contributed by atoms with Gasteiger partial charge in [0.1, 0.15) is 5.75 Å². The molecule has 0 spiro atoms. The molecule has 0 saturated carbocycles. The average Bonchev–Trinajstić information content (AvgIpc) is 2.82. The summed E-state index contributed by atoms with van der Waals surface area (Å²) in [4.78, 5) is 2.08. The van der Waals surface area contributed by atoms with Crippen molar-refractivity contribution in [2.24, 2.45) is 0 Å².